The van der Waals surface area contributed by atoms with Gasteiger partial charge >= 0.3 is 5.95 Å². The summed E-state index contributed by atoms with van der Waals surface area (Å²) in [5.74, 6) is -0.0816. The van der Waals surface area contributed by atoms with Crippen LogP contribution < -0.4 is 0 Å². The maximum absolute atomic E-state index is 10.9. The van der Waals surface area contributed by atoms with Crippen LogP contribution in [0, 0.1) is 15.5 Å². The summed E-state index contributed by atoms with van der Waals surface area (Å²) in [6, 6.07) is 0. The van der Waals surface area contributed by atoms with Crippen LogP contribution in [0.15, 0.2) is 12.4 Å². The van der Waals surface area contributed by atoms with Crippen molar-refractivity contribution in [2.45, 2.75) is 53.0 Å². The van der Waals surface area contributed by atoms with Gasteiger partial charge in [0.05, 0.1) is 5.54 Å². The number of nitrogens with zero attached hydrogens (tertiary/aromatic N) is 3. The van der Waals surface area contributed by atoms with Crippen LogP contribution in [0.2, 0.25) is 0 Å². The van der Waals surface area contributed by atoms with Gasteiger partial charge in [-0.2, -0.15) is 0 Å². The minimum absolute atomic E-state index is 0.0816. The van der Waals surface area contributed by atoms with Gasteiger partial charge in [0, 0.05) is 0 Å². The molecule has 1 rings (SSSR count). The molecule has 0 aromatic carbocycles. The van der Waals surface area contributed by atoms with Gasteiger partial charge in [0.15, 0.2) is 0 Å². The molecule has 0 saturated heterocycles. The molecule has 0 aliphatic carbocycles. The van der Waals surface area contributed by atoms with E-state index in [4.69, 9.17) is 0 Å². The Bertz CT molecular complexity index is 408. The number of imidazole rings is 1. The highest BCUT2D eigenvalue weighted by atomic mass is 16.6. The summed E-state index contributed by atoms with van der Waals surface area (Å²) in [5.41, 5.74) is -0.153. The fourth-order valence-electron chi connectivity index (χ4n) is 2.28. The predicted octanol–water partition coefficient (Wildman–Crippen LogP) is 3.35. The van der Waals surface area contributed by atoms with Gasteiger partial charge in [-0.3, -0.25) is 0 Å². The van der Waals surface area contributed by atoms with Crippen molar-refractivity contribution in [3.8, 4) is 0 Å². The number of nitro groups is 1. The average molecular weight is 239 g/mol. The van der Waals surface area contributed by atoms with Crippen molar-refractivity contribution in [1.29, 1.82) is 0 Å². The molecule has 0 atom stereocenters. The third-order valence-electron chi connectivity index (χ3n) is 3.30. The Morgan fingerprint density at radius 3 is 2.47 bits per heavy atom. The average Bonchev–Trinajstić information content (AvgIpc) is 2.65. The first kappa shape index (κ1) is 13.7. The normalized spacial score (nSPS) is 12.8. The molecule has 0 fully saturated rings. The monoisotopic (exact) mass is 239 g/mol. The molecule has 0 unspecified atom stereocenters. The van der Waals surface area contributed by atoms with E-state index in [1.165, 1.54) is 6.20 Å². The van der Waals surface area contributed by atoms with Gasteiger partial charge in [0.2, 0.25) is 0 Å². The summed E-state index contributed by atoms with van der Waals surface area (Å²) >= 11 is 0. The highest BCUT2D eigenvalue weighted by Gasteiger charge is 2.35. The van der Waals surface area contributed by atoms with Gasteiger partial charge in [-0.15, -0.1) is 0 Å². The summed E-state index contributed by atoms with van der Waals surface area (Å²) in [6.07, 6.45) is 5.08. The molecule has 0 N–H and O–H groups in total. The largest absolute Gasteiger partial charge is 0.434 e. The minimum Gasteiger partial charge on any atom is -0.390 e. The van der Waals surface area contributed by atoms with E-state index >= 15 is 0 Å². The Hall–Kier alpha value is -1.39. The zero-order valence-corrected chi connectivity index (χ0v) is 11.2. The molecule has 17 heavy (non-hydrogen) atoms. The maximum atomic E-state index is 10.9. The Morgan fingerprint density at radius 1 is 1.41 bits per heavy atom. The summed E-state index contributed by atoms with van der Waals surface area (Å²) in [5, 5.41) is 10.9. The van der Waals surface area contributed by atoms with Crippen molar-refractivity contribution in [2.75, 3.05) is 0 Å². The van der Waals surface area contributed by atoms with Gasteiger partial charge in [0.1, 0.15) is 12.4 Å². The number of aromatic nitrogens is 2. The molecule has 96 valence electrons. The quantitative estimate of drug-likeness (QED) is 0.584. The Balaban J connectivity index is 3.04. The van der Waals surface area contributed by atoms with E-state index in [9.17, 15) is 10.1 Å². The van der Waals surface area contributed by atoms with E-state index in [0.29, 0.717) is 0 Å². The van der Waals surface area contributed by atoms with Crippen LogP contribution in [0.4, 0.5) is 5.95 Å². The van der Waals surface area contributed by atoms with Crippen molar-refractivity contribution in [1.82, 2.24) is 9.55 Å². The molecule has 0 amide bonds. The molecule has 0 aliphatic rings. The minimum atomic E-state index is -0.430. The fraction of sp³-hybridized carbons (Fsp3) is 0.750. The molecule has 1 aromatic heterocycles. The molecular weight excluding hydrogens is 218 g/mol. The van der Waals surface area contributed by atoms with E-state index in [2.05, 4.69) is 25.8 Å². The fourth-order valence-corrected chi connectivity index (χ4v) is 2.28. The summed E-state index contributed by atoms with van der Waals surface area (Å²) in [4.78, 5) is 14.3. The van der Waals surface area contributed by atoms with Crippen LogP contribution >= 0.6 is 0 Å². The smallest absolute Gasteiger partial charge is 0.390 e. The van der Waals surface area contributed by atoms with Gasteiger partial charge < -0.3 is 10.1 Å². The Kier molecular flexibility index (Phi) is 3.59. The van der Waals surface area contributed by atoms with Crippen LogP contribution in [0.25, 0.3) is 0 Å². The topological polar surface area (TPSA) is 61.0 Å². The second-order valence-corrected chi connectivity index (χ2v) is 5.86. The first-order chi connectivity index (χ1) is 7.69. The Morgan fingerprint density at radius 2 is 2.00 bits per heavy atom. The molecule has 0 bridgehead atoms. The molecule has 0 saturated carbocycles. The van der Waals surface area contributed by atoms with Crippen molar-refractivity contribution in [3.63, 3.8) is 0 Å². The van der Waals surface area contributed by atoms with Gasteiger partial charge in [-0.25, -0.2) is 4.57 Å². The molecule has 5 nitrogen and oxygen atoms in total. The summed E-state index contributed by atoms with van der Waals surface area (Å²) in [7, 11) is 0. The molecule has 0 radical (unpaired) electrons. The zero-order valence-electron chi connectivity index (χ0n) is 11.2. The second kappa shape index (κ2) is 4.47. The van der Waals surface area contributed by atoms with Crippen LogP contribution in [0.3, 0.4) is 0 Å². The molecular formula is C12H21N3O2. The lowest BCUT2D eigenvalue weighted by atomic mass is 9.78. The van der Waals surface area contributed by atoms with Crippen LogP contribution in [0.5, 0.6) is 0 Å². The number of hydrogen-bond donors (Lipinski definition) is 0. The maximum Gasteiger partial charge on any atom is 0.434 e. The van der Waals surface area contributed by atoms with E-state index in [1.807, 2.05) is 13.8 Å². The lowest BCUT2D eigenvalue weighted by Gasteiger charge is -2.33. The summed E-state index contributed by atoms with van der Waals surface area (Å²) < 4.78 is 1.66. The van der Waals surface area contributed by atoms with Gasteiger partial charge in [-0.1, -0.05) is 32.2 Å². The van der Waals surface area contributed by atoms with Crippen molar-refractivity contribution in [3.05, 3.63) is 22.5 Å². The highest BCUT2D eigenvalue weighted by molar-refractivity contribution is 5.11. The van der Waals surface area contributed by atoms with E-state index in [-0.39, 0.29) is 16.9 Å². The predicted molar refractivity (Wildman–Crippen MR) is 66.9 cm³/mol. The third kappa shape index (κ3) is 3.05. The van der Waals surface area contributed by atoms with Gasteiger partial charge in [-0.05, 0) is 30.6 Å². The molecule has 0 aliphatic heterocycles. The van der Waals surface area contributed by atoms with Crippen molar-refractivity contribution >= 4 is 5.95 Å². The van der Waals surface area contributed by atoms with Crippen molar-refractivity contribution < 1.29 is 4.92 Å². The first-order valence-corrected chi connectivity index (χ1v) is 5.88. The third-order valence-corrected chi connectivity index (χ3v) is 3.30. The zero-order chi connectivity index (χ0) is 13.3. The van der Waals surface area contributed by atoms with E-state index in [1.54, 1.807) is 10.8 Å². The van der Waals surface area contributed by atoms with Crippen LogP contribution in [-0.2, 0) is 5.54 Å². The summed E-state index contributed by atoms with van der Waals surface area (Å²) in [6.45, 7) is 10.5. The van der Waals surface area contributed by atoms with Crippen LogP contribution in [0.1, 0.15) is 47.5 Å². The molecule has 5 heteroatoms. The molecule has 1 aromatic rings. The molecule has 0 spiro atoms. The Labute approximate surface area is 102 Å². The second-order valence-electron chi connectivity index (χ2n) is 5.86. The highest BCUT2D eigenvalue weighted by Crippen LogP contribution is 2.36. The SMILES string of the molecule is CCC(C)(C)CC(C)(C)n1ccnc1[N+](=O)[O-]. The number of hydrogen-bond acceptors (Lipinski definition) is 3. The van der Waals surface area contributed by atoms with E-state index < -0.39 is 4.92 Å². The lowest BCUT2D eigenvalue weighted by Crippen LogP contribution is -2.32. The first-order valence-electron chi connectivity index (χ1n) is 5.88. The van der Waals surface area contributed by atoms with Crippen LogP contribution in [-0.4, -0.2) is 14.5 Å². The van der Waals surface area contributed by atoms with E-state index in [0.717, 1.165) is 12.8 Å². The van der Waals surface area contributed by atoms with Gasteiger partial charge in [0.25, 0.3) is 0 Å². The van der Waals surface area contributed by atoms with Crippen molar-refractivity contribution in [2.24, 2.45) is 5.41 Å². The standard InChI is InChI=1S/C12H21N3O2/c1-6-11(2,3)9-12(4,5)14-8-7-13-10(14)15(16)17/h7-8H,6,9H2,1-5H3. The number of rotatable bonds is 5. The molecule has 1 heterocycles. The lowest BCUT2D eigenvalue weighted by molar-refractivity contribution is -0.398.